The maximum absolute atomic E-state index is 14.4. The van der Waals surface area contributed by atoms with Crippen LogP contribution in [0, 0.1) is 11.6 Å². The van der Waals surface area contributed by atoms with E-state index in [1.807, 2.05) is 0 Å². The van der Waals surface area contributed by atoms with Crippen LogP contribution in [-0.4, -0.2) is 5.78 Å². The first-order chi connectivity index (χ1) is 11.7. The molecule has 2 fully saturated rings. The summed E-state index contributed by atoms with van der Waals surface area (Å²) in [6, 6.07) is 9.37. The average Bonchev–Trinajstić information content (AvgIpc) is 2.47. The van der Waals surface area contributed by atoms with Crippen LogP contribution in [-0.2, 0) is 0 Å². The maximum Gasteiger partial charge on any atom is 0.193 e. The number of hydrogen-bond acceptors (Lipinski definition) is 1. The molecule has 2 aliphatic rings. The van der Waals surface area contributed by atoms with Gasteiger partial charge in [-0.1, -0.05) is 37.1 Å². The molecule has 2 saturated carbocycles. The molecule has 3 heteroatoms. The van der Waals surface area contributed by atoms with E-state index in [2.05, 4.69) is 0 Å². The fourth-order valence-electron chi connectivity index (χ4n) is 3.84. The second-order valence-corrected chi connectivity index (χ2v) is 6.99. The molecule has 0 atom stereocenters. The summed E-state index contributed by atoms with van der Waals surface area (Å²) in [5.74, 6) is -0.631. The highest BCUT2D eigenvalue weighted by atomic mass is 19.1. The highest BCUT2D eigenvalue weighted by Crippen LogP contribution is 2.42. The summed E-state index contributed by atoms with van der Waals surface area (Å²) in [6.45, 7) is 0. The van der Waals surface area contributed by atoms with Crippen molar-refractivity contribution in [2.75, 3.05) is 0 Å². The normalized spacial score (nSPS) is 18.1. The van der Waals surface area contributed by atoms with E-state index in [1.54, 1.807) is 24.3 Å². The second kappa shape index (κ2) is 6.12. The Morgan fingerprint density at radius 1 is 0.750 bits per heavy atom. The molecule has 0 N–H and O–H groups in total. The van der Waals surface area contributed by atoms with Gasteiger partial charge < -0.3 is 0 Å². The largest absolute Gasteiger partial charge is 0.289 e. The first kappa shape index (κ1) is 15.5. The van der Waals surface area contributed by atoms with Gasteiger partial charge in [0.05, 0.1) is 0 Å². The Morgan fingerprint density at radius 3 is 1.50 bits per heavy atom. The molecular formula is C21H20F2O. The predicted molar refractivity (Wildman–Crippen MR) is 89.4 cm³/mol. The Morgan fingerprint density at radius 2 is 1.17 bits per heavy atom. The fourth-order valence-corrected chi connectivity index (χ4v) is 3.84. The topological polar surface area (TPSA) is 17.1 Å². The van der Waals surface area contributed by atoms with E-state index in [0.717, 1.165) is 38.5 Å². The van der Waals surface area contributed by atoms with Crippen molar-refractivity contribution in [1.82, 2.24) is 0 Å². The molecule has 0 amide bonds. The highest BCUT2D eigenvalue weighted by Gasteiger charge is 2.31. The van der Waals surface area contributed by atoms with Crippen molar-refractivity contribution >= 4 is 5.78 Å². The predicted octanol–water partition coefficient (Wildman–Crippen LogP) is 5.73. The van der Waals surface area contributed by atoms with Crippen LogP contribution < -0.4 is 0 Å². The maximum atomic E-state index is 14.4. The molecule has 0 spiro atoms. The van der Waals surface area contributed by atoms with Crippen LogP contribution >= 0.6 is 0 Å². The quantitative estimate of drug-likeness (QED) is 0.656. The third kappa shape index (κ3) is 2.47. The molecule has 0 bridgehead atoms. The SMILES string of the molecule is O=C(c1cccc(F)c1C1CCC1)c1cccc(F)c1C1CCC1. The lowest BCUT2D eigenvalue weighted by molar-refractivity contribution is 0.103. The van der Waals surface area contributed by atoms with Gasteiger partial charge >= 0.3 is 0 Å². The van der Waals surface area contributed by atoms with E-state index < -0.39 is 0 Å². The van der Waals surface area contributed by atoms with Gasteiger partial charge in [-0.3, -0.25) is 4.79 Å². The van der Waals surface area contributed by atoms with Crippen LogP contribution in [0.1, 0.15) is 77.4 Å². The number of rotatable bonds is 4. The monoisotopic (exact) mass is 326 g/mol. The van der Waals surface area contributed by atoms with Gasteiger partial charge in [-0.25, -0.2) is 8.78 Å². The minimum Gasteiger partial charge on any atom is -0.289 e. The molecule has 0 saturated heterocycles. The molecule has 124 valence electrons. The molecule has 2 aromatic rings. The minimum atomic E-state index is -0.313. The van der Waals surface area contributed by atoms with Gasteiger partial charge in [-0.05, 0) is 49.7 Å². The molecule has 0 unspecified atom stereocenters. The fraction of sp³-hybridized carbons (Fsp3) is 0.381. The Balaban J connectivity index is 1.80. The van der Waals surface area contributed by atoms with Gasteiger partial charge in [-0.2, -0.15) is 0 Å². The van der Waals surface area contributed by atoms with E-state index in [9.17, 15) is 13.6 Å². The molecular weight excluding hydrogens is 306 g/mol. The molecule has 1 nitrogen and oxygen atoms in total. The van der Waals surface area contributed by atoms with Crippen molar-refractivity contribution in [1.29, 1.82) is 0 Å². The van der Waals surface area contributed by atoms with E-state index >= 15 is 0 Å². The Bertz CT molecular complexity index is 723. The zero-order chi connectivity index (χ0) is 16.7. The molecule has 4 rings (SSSR count). The summed E-state index contributed by atoms with van der Waals surface area (Å²) in [5, 5.41) is 0. The average molecular weight is 326 g/mol. The third-order valence-electron chi connectivity index (χ3n) is 5.62. The number of halogens is 2. The summed E-state index contributed by atoms with van der Waals surface area (Å²) in [6.07, 6.45) is 5.80. The van der Waals surface area contributed by atoms with Gasteiger partial charge in [0.25, 0.3) is 0 Å². The summed E-state index contributed by atoms with van der Waals surface area (Å²) in [5.41, 5.74) is 1.87. The number of ketones is 1. The summed E-state index contributed by atoms with van der Waals surface area (Å²) in [7, 11) is 0. The lowest BCUT2D eigenvalue weighted by Gasteiger charge is -2.30. The number of carbonyl (C=O) groups is 1. The van der Waals surface area contributed by atoms with Crippen LogP contribution in [0.3, 0.4) is 0 Å². The third-order valence-corrected chi connectivity index (χ3v) is 5.62. The number of carbonyl (C=O) groups excluding carboxylic acids is 1. The molecule has 0 radical (unpaired) electrons. The smallest absolute Gasteiger partial charge is 0.193 e. The van der Waals surface area contributed by atoms with Crippen LogP contribution in [0.2, 0.25) is 0 Å². The lowest BCUT2D eigenvalue weighted by Crippen LogP contribution is -2.20. The summed E-state index contributed by atoms with van der Waals surface area (Å²) >= 11 is 0. The highest BCUT2D eigenvalue weighted by molar-refractivity contribution is 6.11. The molecule has 2 aromatic carbocycles. The van der Waals surface area contributed by atoms with Crippen molar-refractivity contribution in [3.8, 4) is 0 Å². The van der Waals surface area contributed by atoms with Crippen LogP contribution in [0.15, 0.2) is 36.4 Å². The Kier molecular flexibility index (Phi) is 3.95. The molecule has 2 aliphatic carbocycles. The zero-order valence-electron chi connectivity index (χ0n) is 13.5. The van der Waals surface area contributed by atoms with Crippen molar-refractivity contribution in [3.63, 3.8) is 0 Å². The van der Waals surface area contributed by atoms with Gasteiger partial charge in [0.1, 0.15) is 11.6 Å². The van der Waals surface area contributed by atoms with Crippen LogP contribution in [0.25, 0.3) is 0 Å². The van der Waals surface area contributed by atoms with Gasteiger partial charge in [0.15, 0.2) is 5.78 Å². The van der Waals surface area contributed by atoms with Crippen molar-refractivity contribution < 1.29 is 13.6 Å². The number of hydrogen-bond donors (Lipinski definition) is 0. The van der Waals surface area contributed by atoms with E-state index in [4.69, 9.17) is 0 Å². The Labute approximate surface area is 140 Å². The molecule has 0 aliphatic heterocycles. The second-order valence-electron chi connectivity index (χ2n) is 6.99. The summed E-state index contributed by atoms with van der Waals surface area (Å²) in [4.78, 5) is 13.1. The Hall–Kier alpha value is -2.03. The zero-order valence-corrected chi connectivity index (χ0v) is 13.5. The molecule has 0 heterocycles. The molecule has 24 heavy (non-hydrogen) atoms. The van der Waals surface area contributed by atoms with Crippen molar-refractivity contribution in [2.24, 2.45) is 0 Å². The lowest BCUT2D eigenvalue weighted by atomic mass is 9.74. The van der Waals surface area contributed by atoms with Crippen LogP contribution in [0.4, 0.5) is 8.78 Å². The standard InChI is InChI=1S/C21H20F2O/c22-17-11-3-9-15(19(17)13-5-1-6-13)21(24)16-10-4-12-18(23)20(16)14-7-2-8-14/h3-4,9-14H,1-2,5-8H2. The number of benzene rings is 2. The minimum absolute atomic E-state index is 0.117. The van der Waals surface area contributed by atoms with Crippen molar-refractivity contribution in [2.45, 2.75) is 50.4 Å². The summed E-state index contributed by atoms with van der Waals surface area (Å²) < 4.78 is 28.8. The van der Waals surface area contributed by atoms with Gasteiger partial charge in [0, 0.05) is 22.3 Å². The van der Waals surface area contributed by atoms with Crippen LogP contribution in [0.5, 0.6) is 0 Å². The van der Waals surface area contributed by atoms with Crippen molar-refractivity contribution in [3.05, 3.63) is 70.3 Å². The van der Waals surface area contributed by atoms with E-state index in [-0.39, 0.29) is 29.3 Å². The molecule has 0 aromatic heterocycles. The first-order valence-corrected chi connectivity index (χ1v) is 8.78. The van der Waals surface area contributed by atoms with E-state index in [0.29, 0.717) is 22.3 Å². The van der Waals surface area contributed by atoms with Gasteiger partial charge in [-0.15, -0.1) is 0 Å². The first-order valence-electron chi connectivity index (χ1n) is 8.78. The van der Waals surface area contributed by atoms with E-state index in [1.165, 1.54) is 12.1 Å². The van der Waals surface area contributed by atoms with Gasteiger partial charge in [0.2, 0.25) is 0 Å².